The molecule has 0 aliphatic heterocycles. The van der Waals surface area contributed by atoms with Crippen LogP contribution in [0.4, 0.5) is 21.7 Å². The number of rotatable bonds is 7. The fraction of sp³-hybridized carbons (Fsp3) is 0.167. The number of aromatic nitrogens is 3. The number of anilines is 3. The first kappa shape index (κ1) is 21.9. The molecular formula is C24H22FN7O. The molecule has 0 saturated heterocycles. The molecule has 0 aliphatic rings. The Bertz CT molecular complexity index is 1340. The summed E-state index contributed by atoms with van der Waals surface area (Å²) in [6, 6.07) is 15.6. The van der Waals surface area contributed by atoms with Crippen LogP contribution in [-0.4, -0.2) is 33.2 Å². The summed E-state index contributed by atoms with van der Waals surface area (Å²) in [5.41, 5.74) is 9.50. The summed E-state index contributed by atoms with van der Waals surface area (Å²) >= 11 is 0. The maximum absolute atomic E-state index is 14.2. The summed E-state index contributed by atoms with van der Waals surface area (Å²) in [4.78, 5) is 12.9. The number of halogens is 1. The van der Waals surface area contributed by atoms with Crippen molar-refractivity contribution in [1.82, 2.24) is 15.0 Å². The smallest absolute Gasteiger partial charge is 0.150 e. The zero-order chi connectivity index (χ0) is 23.4. The topological polar surface area (TPSA) is 133 Å². The van der Waals surface area contributed by atoms with Crippen molar-refractivity contribution in [1.29, 1.82) is 5.26 Å². The van der Waals surface area contributed by atoms with E-state index >= 15 is 0 Å². The molecule has 0 radical (unpaired) electrons. The van der Waals surface area contributed by atoms with E-state index in [1.54, 1.807) is 6.07 Å². The molecule has 2 aromatic heterocycles. The monoisotopic (exact) mass is 443 g/mol. The normalized spacial score (nSPS) is 11.7. The Balaban J connectivity index is 1.94. The van der Waals surface area contributed by atoms with Gasteiger partial charge < -0.3 is 21.5 Å². The maximum Gasteiger partial charge on any atom is 0.150 e. The SMILES string of the molecule is CC(Nc1ncnc(N)c1C#N)c1nc2ccc(F)cc2c(NCCO)c1-c1ccccc1. The predicted octanol–water partition coefficient (Wildman–Crippen LogP) is 3.86. The fourth-order valence-corrected chi connectivity index (χ4v) is 3.72. The molecule has 2 heterocycles. The number of aliphatic hydroxyl groups excluding tert-OH is 1. The highest BCUT2D eigenvalue weighted by Gasteiger charge is 2.22. The summed E-state index contributed by atoms with van der Waals surface area (Å²) in [7, 11) is 0. The average Bonchev–Trinajstić information content (AvgIpc) is 2.82. The van der Waals surface area contributed by atoms with Gasteiger partial charge in [0.15, 0.2) is 0 Å². The third-order valence-electron chi connectivity index (χ3n) is 5.20. The van der Waals surface area contributed by atoms with Crippen LogP contribution in [0.25, 0.3) is 22.0 Å². The number of aliphatic hydroxyl groups is 1. The molecule has 8 nitrogen and oxygen atoms in total. The second kappa shape index (κ2) is 9.46. The third kappa shape index (κ3) is 4.37. The van der Waals surface area contributed by atoms with Crippen molar-refractivity contribution in [3.8, 4) is 17.2 Å². The lowest BCUT2D eigenvalue weighted by molar-refractivity contribution is 0.311. The Morgan fingerprint density at radius 3 is 2.70 bits per heavy atom. The number of fused-ring (bicyclic) bond motifs is 1. The molecule has 0 fully saturated rings. The van der Waals surface area contributed by atoms with Gasteiger partial charge in [0, 0.05) is 17.5 Å². The molecule has 33 heavy (non-hydrogen) atoms. The van der Waals surface area contributed by atoms with Gasteiger partial charge in [0.2, 0.25) is 0 Å². The van der Waals surface area contributed by atoms with Gasteiger partial charge in [0.05, 0.1) is 29.5 Å². The standard InChI is InChI=1S/C24H22FN7O/c1-14(31-24-18(12-26)23(27)29-13-30-24)21-20(15-5-3-2-4-6-15)22(28-9-10-33)17-11-16(25)7-8-19(17)32-21/h2-8,11,13-14,33H,9-10H2,1H3,(H,28,32)(H3,27,29,30,31). The van der Waals surface area contributed by atoms with Crippen LogP contribution in [0.1, 0.15) is 24.2 Å². The minimum Gasteiger partial charge on any atom is -0.395 e. The van der Waals surface area contributed by atoms with Gasteiger partial charge in [-0.1, -0.05) is 30.3 Å². The molecule has 0 aliphatic carbocycles. The van der Waals surface area contributed by atoms with Crippen LogP contribution >= 0.6 is 0 Å². The van der Waals surface area contributed by atoms with Gasteiger partial charge in [-0.2, -0.15) is 5.26 Å². The van der Waals surface area contributed by atoms with E-state index in [9.17, 15) is 14.8 Å². The molecular weight excluding hydrogens is 421 g/mol. The lowest BCUT2D eigenvalue weighted by Gasteiger charge is -2.23. The molecule has 5 N–H and O–H groups in total. The van der Waals surface area contributed by atoms with Crippen molar-refractivity contribution in [3.63, 3.8) is 0 Å². The quantitative estimate of drug-likeness (QED) is 0.338. The van der Waals surface area contributed by atoms with E-state index in [1.807, 2.05) is 43.3 Å². The predicted molar refractivity (Wildman–Crippen MR) is 126 cm³/mol. The Morgan fingerprint density at radius 1 is 1.18 bits per heavy atom. The molecule has 166 valence electrons. The number of nitriles is 1. The molecule has 0 amide bonds. The van der Waals surface area contributed by atoms with Crippen molar-refractivity contribution >= 4 is 28.2 Å². The number of hydrogen-bond donors (Lipinski definition) is 4. The number of pyridine rings is 1. The van der Waals surface area contributed by atoms with Gasteiger partial charge in [-0.05, 0) is 30.7 Å². The van der Waals surface area contributed by atoms with Crippen molar-refractivity contribution in [2.75, 3.05) is 29.5 Å². The summed E-state index contributed by atoms with van der Waals surface area (Å²) in [6.07, 6.45) is 1.29. The van der Waals surface area contributed by atoms with Crippen molar-refractivity contribution < 1.29 is 9.50 Å². The van der Waals surface area contributed by atoms with Crippen molar-refractivity contribution in [2.24, 2.45) is 0 Å². The first-order valence-corrected chi connectivity index (χ1v) is 10.3. The summed E-state index contributed by atoms with van der Waals surface area (Å²) in [5.74, 6) is -0.00970. The van der Waals surface area contributed by atoms with Crippen LogP contribution in [0.15, 0.2) is 54.9 Å². The van der Waals surface area contributed by atoms with E-state index in [2.05, 4.69) is 20.6 Å². The molecule has 2 aromatic carbocycles. The largest absolute Gasteiger partial charge is 0.395 e. The highest BCUT2D eigenvalue weighted by molar-refractivity contribution is 6.00. The zero-order valence-corrected chi connectivity index (χ0v) is 17.9. The molecule has 4 rings (SSSR count). The lowest BCUT2D eigenvalue weighted by atomic mass is 9.95. The van der Waals surface area contributed by atoms with Gasteiger partial charge in [-0.15, -0.1) is 0 Å². The Labute approximate surface area is 190 Å². The van der Waals surface area contributed by atoms with Crippen LogP contribution in [-0.2, 0) is 0 Å². The van der Waals surface area contributed by atoms with E-state index in [0.29, 0.717) is 28.1 Å². The number of nitrogens with one attached hydrogen (secondary N) is 2. The molecule has 0 bridgehead atoms. The molecule has 0 spiro atoms. The van der Waals surface area contributed by atoms with Crippen LogP contribution in [0.5, 0.6) is 0 Å². The zero-order valence-electron chi connectivity index (χ0n) is 17.9. The second-order valence-corrected chi connectivity index (χ2v) is 7.39. The average molecular weight is 443 g/mol. The van der Waals surface area contributed by atoms with Crippen LogP contribution < -0.4 is 16.4 Å². The van der Waals surface area contributed by atoms with Gasteiger partial charge in [-0.25, -0.2) is 19.3 Å². The van der Waals surface area contributed by atoms with Crippen LogP contribution in [0.2, 0.25) is 0 Å². The second-order valence-electron chi connectivity index (χ2n) is 7.39. The number of nitrogens with zero attached hydrogens (tertiary/aromatic N) is 4. The molecule has 1 unspecified atom stereocenters. The summed E-state index contributed by atoms with van der Waals surface area (Å²) in [6.45, 7) is 2.07. The minimum absolute atomic E-state index is 0.0812. The summed E-state index contributed by atoms with van der Waals surface area (Å²) in [5, 5.41) is 26.0. The first-order chi connectivity index (χ1) is 16.0. The Kier molecular flexibility index (Phi) is 6.29. The van der Waals surface area contributed by atoms with E-state index in [1.165, 1.54) is 18.5 Å². The van der Waals surface area contributed by atoms with Crippen LogP contribution in [0, 0.1) is 17.1 Å². The van der Waals surface area contributed by atoms with Gasteiger partial charge in [0.25, 0.3) is 0 Å². The van der Waals surface area contributed by atoms with Crippen LogP contribution in [0.3, 0.4) is 0 Å². The highest BCUT2D eigenvalue weighted by atomic mass is 19.1. The van der Waals surface area contributed by atoms with E-state index in [4.69, 9.17) is 10.7 Å². The van der Waals surface area contributed by atoms with Gasteiger partial charge >= 0.3 is 0 Å². The number of benzene rings is 2. The third-order valence-corrected chi connectivity index (χ3v) is 5.20. The van der Waals surface area contributed by atoms with Gasteiger partial charge in [-0.3, -0.25) is 0 Å². The van der Waals surface area contributed by atoms with E-state index in [0.717, 1.165) is 11.1 Å². The number of nitrogens with two attached hydrogens (primary N) is 1. The molecule has 1 atom stereocenters. The fourth-order valence-electron chi connectivity index (χ4n) is 3.72. The lowest BCUT2D eigenvalue weighted by Crippen LogP contribution is -2.16. The molecule has 0 saturated carbocycles. The minimum atomic E-state index is -0.411. The molecule has 9 heteroatoms. The highest BCUT2D eigenvalue weighted by Crippen LogP contribution is 2.40. The Morgan fingerprint density at radius 2 is 1.97 bits per heavy atom. The van der Waals surface area contributed by atoms with Gasteiger partial charge in [0.1, 0.15) is 35.4 Å². The Hall–Kier alpha value is -4.29. The van der Waals surface area contributed by atoms with E-state index in [-0.39, 0.29) is 30.4 Å². The van der Waals surface area contributed by atoms with Crippen molar-refractivity contribution in [3.05, 3.63) is 71.9 Å². The molecule has 4 aromatic rings. The van der Waals surface area contributed by atoms with Crippen molar-refractivity contribution in [2.45, 2.75) is 13.0 Å². The number of hydrogen-bond acceptors (Lipinski definition) is 8. The van der Waals surface area contributed by atoms with E-state index < -0.39 is 6.04 Å². The maximum atomic E-state index is 14.2. The number of nitrogen functional groups attached to an aromatic ring is 1. The first-order valence-electron chi connectivity index (χ1n) is 10.3. The summed E-state index contributed by atoms with van der Waals surface area (Å²) < 4.78 is 14.2.